The van der Waals surface area contributed by atoms with Gasteiger partial charge in [0.25, 0.3) is 5.91 Å². The molecule has 0 saturated carbocycles. The molecule has 1 heterocycles. The minimum Gasteiger partial charge on any atom is -0.496 e. The Morgan fingerprint density at radius 3 is 2.84 bits per heavy atom. The van der Waals surface area contributed by atoms with Gasteiger partial charge in [0.1, 0.15) is 11.6 Å². The van der Waals surface area contributed by atoms with Gasteiger partial charge in [-0.05, 0) is 24.3 Å². The third-order valence-corrected chi connectivity index (χ3v) is 3.81. The lowest BCUT2D eigenvalue weighted by Gasteiger charge is -2.08. The van der Waals surface area contributed by atoms with Gasteiger partial charge in [0.2, 0.25) is 0 Å². The van der Waals surface area contributed by atoms with E-state index in [-0.39, 0.29) is 12.4 Å². The topological polar surface area (TPSA) is 56.1 Å². The first-order valence-corrected chi connectivity index (χ1v) is 7.86. The summed E-state index contributed by atoms with van der Waals surface area (Å²) in [4.78, 5) is 12.4. The summed E-state index contributed by atoms with van der Waals surface area (Å²) in [5.41, 5.74) is 0.818. The molecule has 0 unspecified atom stereocenters. The second-order valence-electron chi connectivity index (χ2n) is 5.29. The summed E-state index contributed by atoms with van der Waals surface area (Å²) in [5, 5.41) is 7.34. The van der Waals surface area contributed by atoms with Crippen LogP contribution in [0.5, 0.6) is 5.75 Å². The number of anilines is 1. The summed E-state index contributed by atoms with van der Waals surface area (Å²) < 4.78 is 20.4. The maximum atomic E-state index is 13.7. The average molecular weight is 360 g/mol. The summed E-state index contributed by atoms with van der Waals surface area (Å²) in [7, 11) is 1.48. The van der Waals surface area contributed by atoms with Gasteiger partial charge in [0.05, 0.1) is 19.2 Å². The Kier molecular flexibility index (Phi) is 5.00. The summed E-state index contributed by atoms with van der Waals surface area (Å²) in [5.74, 6) is 0.0683. The van der Waals surface area contributed by atoms with Crippen LogP contribution in [0, 0.1) is 5.82 Å². The highest BCUT2D eigenvalue weighted by molar-refractivity contribution is 6.31. The molecule has 0 bridgehead atoms. The number of carbonyl (C=O) groups excluding carboxylic acids is 1. The van der Waals surface area contributed by atoms with Crippen molar-refractivity contribution in [3.05, 3.63) is 76.7 Å². The number of carbonyl (C=O) groups is 1. The molecule has 7 heteroatoms. The van der Waals surface area contributed by atoms with Crippen LogP contribution in [0.1, 0.15) is 15.9 Å². The summed E-state index contributed by atoms with van der Waals surface area (Å²) in [6, 6.07) is 12.9. The van der Waals surface area contributed by atoms with Gasteiger partial charge in [0.15, 0.2) is 5.82 Å². The minimum atomic E-state index is -0.393. The number of aromatic nitrogens is 2. The highest BCUT2D eigenvalue weighted by Gasteiger charge is 2.14. The number of methoxy groups -OCH3 is 1. The maximum absolute atomic E-state index is 13.7. The second-order valence-corrected chi connectivity index (χ2v) is 5.73. The molecule has 0 aliphatic heterocycles. The van der Waals surface area contributed by atoms with E-state index in [1.54, 1.807) is 47.3 Å². The van der Waals surface area contributed by atoms with Crippen molar-refractivity contribution in [1.29, 1.82) is 0 Å². The SMILES string of the molecule is COc1ccc(Cl)cc1C(=O)Nc1ccn(Cc2ccccc2F)n1. The van der Waals surface area contributed by atoms with Gasteiger partial charge < -0.3 is 10.1 Å². The first kappa shape index (κ1) is 17.0. The number of nitrogens with one attached hydrogen (secondary N) is 1. The van der Waals surface area contributed by atoms with Crippen molar-refractivity contribution in [2.24, 2.45) is 0 Å². The summed E-state index contributed by atoms with van der Waals surface area (Å²) in [6.45, 7) is 0.267. The molecule has 5 nitrogen and oxygen atoms in total. The Morgan fingerprint density at radius 2 is 2.08 bits per heavy atom. The van der Waals surface area contributed by atoms with E-state index in [1.807, 2.05) is 0 Å². The van der Waals surface area contributed by atoms with Crippen molar-refractivity contribution in [3.63, 3.8) is 0 Å². The largest absolute Gasteiger partial charge is 0.496 e. The van der Waals surface area contributed by atoms with Gasteiger partial charge >= 0.3 is 0 Å². The van der Waals surface area contributed by atoms with Crippen LogP contribution in [0.2, 0.25) is 5.02 Å². The number of ether oxygens (including phenoxy) is 1. The Bertz CT molecular complexity index is 911. The fourth-order valence-corrected chi connectivity index (χ4v) is 2.53. The van der Waals surface area contributed by atoms with Crippen molar-refractivity contribution >= 4 is 23.3 Å². The van der Waals surface area contributed by atoms with Crippen molar-refractivity contribution in [2.75, 3.05) is 12.4 Å². The van der Waals surface area contributed by atoms with E-state index in [2.05, 4.69) is 10.4 Å². The van der Waals surface area contributed by atoms with Crippen LogP contribution in [-0.2, 0) is 6.54 Å². The third-order valence-electron chi connectivity index (χ3n) is 3.58. The van der Waals surface area contributed by atoms with Gasteiger partial charge in [-0.15, -0.1) is 0 Å². The first-order chi connectivity index (χ1) is 12.1. The quantitative estimate of drug-likeness (QED) is 0.749. The molecule has 0 radical (unpaired) electrons. The monoisotopic (exact) mass is 359 g/mol. The average Bonchev–Trinajstić information content (AvgIpc) is 3.04. The van der Waals surface area contributed by atoms with E-state index in [0.717, 1.165) is 0 Å². The molecule has 3 rings (SSSR count). The van der Waals surface area contributed by atoms with Crippen LogP contribution >= 0.6 is 11.6 Å². The molecule has 128 valence electrons. The van der Waals surface area contributed by atoms with E-state index < -0.39 is 5.91 Å². The molecule has 0 fully saturated rings. The molecule has 0 saturated heterocycles. The number of nitrogens with zero attached hydrogens (tertiary/aromatic N) is 2. The Labute approximate surface area is 149 Å². The Hall–Kier alpha value is -2.86. The normalized spacial score (nSPS) is 10.5. The molecule has 1 aromatic heterocycles. The van der Waals surface area contributed by atoms with Crippen molar-refractivity contribution in [2.45, 2.75) is 6.54 Å². The lowest BCUT2D eigenvalue weighted by atomic mass is 10.2. The van der Waals surface area contributed by atoms with E-state index in [4.69, 9.17) is 16.3 Å². The number of rotatable bonds is 5. The fraction of sp³-hybridized carbons (Fsp3) is 0.111. The van der Waals surface area contributed by atoms with E-state index in [0.29, 0.717) is 27.7 Å². The Balaban J connectivity index is 1.74. The molecule has 0 aliphatic rings. The van der Waals surface area contributed by atoms with Crippen molar-refractivity contribution in [3.8, 4) is 5.75 Å². The molecule has 0 aliphatic carbocycles. The number of hydrogen-bond donors (Lipinski definition) is 1. The number of hydrogen-bond acceptors (Lipinski definition) is 3. The van der Waals surface area contributed by atoms with Crippen LogP contribution in [0.15, 0.2) is 54.7 Å². The number of benzene rings is 2. The standard InChI is InChI=1S/C18H15ClFN3O2/c1-25-16-7-6-13(19)10-14(16)18(24)21-17-8-9-23(22-17)11-12-4-2-3-5-15(12)20/h2-10H,11H2,1H3,(H,21,22,24). The lowest BCUT2D eigenvalue weighted by Crippen LogP contribution is -2.14. The third kappa shape index (κ3) is 3.97. The Morgan fingerprint density at radius 1 is 1.28 bits per heavy atom. The van der Waals surface area contributed by atoms with Gasteiger partial charge in [-0.2, -0.15) is 5.10 Å². The van der Waals surface area contributed by atoms with Gasteiger partial charge in [-0.3, -0.25) is 9.48 Å². The summed E-state index contributed by atoms with van der Waals surface area (Å²) in [6.07, 6.45) is 1.66. The van der Waals surface area contributed by atoms with E-state index >= 15 is 0 Å². The van der Waals surface area contributed by atoms with Gasteiger partial charge in [-0.25, -0.2) is 4.39 Å². The highest BCUT2D eigenvalue weighted by atomic mass is 35.5. The molecule has 0 atom stereocenters. The van der Waals surface area contributed by atoms with Crippen LogP contribution < -0.4 is 10.1 Å². The smallest absolute Gasteiger partial charge is 0.260 e. The van der Waals surface area contributed by atoms with E-state index in [1.165, 1.54) is 19.2 Å². The number of amides is 1. The zero-order chi connectivity index (χ0) is 17.8. The molecule has 3 aromatic rings. The predicted molar refractivity (Wildman–Crippen MR) is 93.7 cm³/mol. The molecular formula is C18H15ClFN3O2. The van der Waals surface area contributed by atoms with Crippen LogP contribution in [0.3, 0.4) is 0 Å². The second kappa shape index (κ2) is 7.36. The molecule has 1 N–H and O–H groups in total. The van der Waals surface area contributed by atoms with Crippen LogP contribution in [-0.4, -0.2) is 22.8 Å². The van der Waals surface area contributed by atoms with E-state index in [9.17, 15) is 9.18 Å². The van der Waals surface area contributed by atoms with Gasteiger partial charge in [0, 0.05) is 22.8 Å². The molecule has 25 heavy (non-hydrogen) atoms. The summed E-state index contributed by atoms with van der Waals surface area (Å²) >= 11 is 5.94. The number of halogens is 2. The molecule has 0 spiro atoms. The molecular weight excluding hydrogens is 345 g/mol. The van der Waals surface area contributed by atoms with Crippen molar-refractivity contribution < 1.29 is 13.9 Å². The van der Waals surface area contributed by atoms with Crippen LogP contribution in [0.25, 0.3) is 0 Å². The predicted octanol–water partition coefficient (Wildman–Crippen LogP) is 3.98. The minimum absolute atomic E-state index is 0.267. The first-order valence-electron chi connectivity index (χ1n) is 7.48. The lowest BCUT2D eigenvalue weighted by molar-refractivity contribution is 0.102. The highest BCUT2D eigenvalue weighted by Crippen LogP contribution is 2.23. The molecule has 2 aromatic carbocycles. The fourth-order valence-electron chi connectivity index (χ4n) is 2.36. The zero-order valence-corrected chi connectivity index (χ0v) is 14.1. The zero-order valence-electron chi connectivity index (χ0n) is 13.4. The molecule has 1 amide bonds. The maximum Gasteiger partial charge on any atom is 0.260 e. The van der Waals surface area contributed by atoms with Crippen molar-refractivity contribution in [1.82, 2.24) is 9.78 Å². The van der Waals surface area contributed by atoms with Gasteiger partial charge in [-0.1, -0.05) is 29.8 Å². The van der Waals surface area contributed by atoms with Crippen LogP contribution in [0.4, 0.5) is 10.2 Å².